The monoisotopic (exact) mass is 233 g/mol. The summed E-state index contributed by atoms with van der Waals surface area (Å²) in [7, 11) is 0. The van der Waals surface area contributed by atoms with Crippen molar-refractivity contribution in [3.8, 4) is 0 Å². The van der Waals surface area contributed by atoms with Gasteiger partial charge >= 0.3 is 0 Å². The third-order valence-electron chi connectivity index (χ3n) is 2.83. The Hall–Kier alpha value is -1.55. The molecule has 0 aromatic carbocycles. The van der Waals surface area contributed by atoms with E-state index < -0.39 is 0 Å². The molecule has 0 aliphatic carbocycles. The molecular formula is C13H19N3O. The molecule has 0 amide bonds. The third-order valence-corrected chi connectivity index (χ3v) is 2.83. The number of hydrogen-bond acceptors (Lipinski definition) is 3. The van der Waals surface area contributed by atoms with Crippen LogP contribution in [-0.4, -0.2) is 9.78 Å². The van der Waals surface area contributed by atoms with Crippen molar-refractivity contribution in [1.29, 1.82) is 0 Å². The standard InChI is InChI=1S/C13H19N3O/c1-10(2)16-11(3)12(8-15-16)7-14-9-13-5-4-6-17-13/h4-6,8,10,14H,7,9H2,1-3H3. The second-order valence-corrected chi connectivity index (χ2v) is 4.48. The smallest absolute Gasteiger partial charge is 0.117 e. The van der Waals surface area contributed by atoms with Gasteiger partial charge in [-0.2, -0.15) is 5.10 Å². The molecule has 2 rings (SSSR count). The number of rotatable bonds is 5. The molecule has 0 unspecified atom stereocenters. The van der Waals surface area contributed by atoms with Gasteiger partial charge < -0.3 is 9.73 Å². The average molecular weight is 233 g/mol. The molecule has 0 aliphatic heterocycles. The van der Waals surface area contributed by atoms with Gasteiger partial charge in [0.2, 0.25) is 0 Å². The highest BCUT2D eigenvalue weighted by Gasteiger charge is 2.08. The molecule has 0 aliphatic rings. The molecule has 4 heteroatoms. The van der Waals surface area contributed by atoms with E-state index in [0.717, 1.165) is 18.8 Å². The van der Waals surface area contributed by atoms with Crippen molar-refractivity contribution in [2.75, 3.05) is 0 Å². The Bertz CT molecular complexity index is 457. The van der Waals surface area contributed by atoms with Gasteiger partial charge in [0.15, 0.2) is 0 Å². The Morgan fingerprint density at radius 3 is 2.82 bits per heavy atom. The first-order valence-corrected chi connectivity index (χ1v) is 5.94. The first-order chi connectivity index (χ1) is 8.18. The van der Waals surface area contributed by atoms with E-state index in [0.29, 0.717) is 6.04 Å². The van der Waals surface area contributed by atoms with Gasteiger partial charge in [0.1, 0.15) is 5.76 Å². The van der Waals surface area contributed by atoms with E-state index in [4.69, 9.17) is 4.42 Å². The van der Waals surface area contributed by atoms with E-state index in [9.17, 15) is 0 Å². The summed E-state index contributed by atoms with van der Waals surface area (Å²) in [6, 6.07) is 4.28. The number of nitrogens with one attached hydrogen (secondary N) is 1. The van der Waals surface area contributed by atoms with Crippen LogP contribution in [0.4, 0.5) is 0 Å². The minimum Gasteiger partial charge on any atom is -0.468 e. The quantitative estimate of drug-likeness (QED) is 0.863. The molecule has 0 bridgehead atoms. The van der Waals surface area contributed by atoms with Gasteiger partial charge in [0, 0.05) is 23.8 Å². The third kappa shape index (κ3) is 2.77. The van der Waals surface area contributed by atoms with E-state index in [-0.39, 0.29) is 0 Å². The molecule has 0 radical (unpaired) electrons. The molecule has 0 saturated heterocycles. The summed E-state index contributed by atoms with van der Waals surface area (Å²) in [5.74, 6) is 0.957. The maximum Gasteiger partial charge on any atom is 0.117 e. The Morgan fingerprint density at radius 2 is 2.24 bits per heavy atom. The maximum atomic E-state index is 5.26. The average Bonchev–Trinajstić information content (AvgIpc) is 2.89. The number of nitrogens with zero attached hydrogens (tertiary/aromatic N) is 2. The predicted molar refractivity (Wildman–Crippen MR) is 66.6 cm³/mol. The number of aromatic nitrogens is 2. The van der Waals surface area contributed by atoms with Crippen molar-refractivity contribution in [3.63, 3.8) is 0 Å². The van der Waals surface area contributed by atoms with Gasteiger partial charge in [0.25, 0.3) is 0 Å². The van der Waals surface area contributed by atoms with Gasteiger partial charge in [-0.05, 0) is 32.9 Å². The van der Waals surface area contributed by atoms with E-state index in [1.807, 2.05) is 23.0 Å². The highest BCUT2D eigenvalue weighted by Crippen LogP contribution is 2.12. The molecular weight excluding hydrogens is 214 g/mol. The summed E-state index contributed by atoms with van der Waals surface area (Å²) in [5.41, 5.74) is 2.47. The molecule has 0 fully saturated rings. The summed E-state index contributed by atoms with van der Waals surface area (Å²) in [5, 5.41) is 7.73. The second kappa shape index (κ2) is 5.19. The Labute approximate surface area is 102 Å². The molecule has 0 atom stereocenters. The van der Waals surface area contributed by atoms with Gasteiger partial charge in [-0.15, -0.1) is 0 Å². The highest BCUT2D eigenvalue weighted by atomic mass is 16.3. The maximum absolute atomic E-state index is 5.26. The molecule has 0 saturated carbocycles. The minimum atomic E-state index is 0.411. The van der Waals surface area contributed by atoms with E-state index >= 15 is 0 Å². The second-order valence-electron chi connectivity index (χ2n) is 4.48. The van der Waals surface area contributed by atoms with E-state index in [2.05, 4.69) is 31.2 Å². The normalized spacial score (nSPS) is 11.3. The summed E-state index contributed by atoms with van der Waals surface area (Å²) in [4.78, 5) is 0. The zero-order valence-electron chi connectivity index (χ0n) is 10.6. The van der Waals surface area contributed by atoms with Crippen molar-refractivity contribution in [2.24, 2.45) is 0 Å². The minimum absolute atomic E-state index is 0.411. The SMILES string of the molecule is Cc1c(CNCc2ccco2)cnn1C(C)C. The van der Waals surface area contributed by atoms with Crippen molar-refractivity contribution < 1.29 is 4.42 Å². The number of hydrogen-bond donors (Lipinski definition) is 1. The van der Waals surface area contributed by atoms with Gasteiger partial charge in [-0.25, -0.2) is 0 Å². The lowest BCUT2D eigenvalue weighted by Gasteiger charge is -2.09. The van der Waals surface area contributed by atoms with Crippen LogP contribution in [0.1, 0.15) is 36.9 Å². The summed E-state index contributed by atoms with van der Waals surface area (Å²) >= 11 is 0. The molecule has 4 nitrogen and oxygen atoms in total. The van der Waals surface area contributed by atoms with E-state index in [1.165, 1.54) is 11.3 Å². The van der Waals surface area contributed by atoms with Crippen LogP contribution in [0.2, 0.25) is 0 Å². The van der Waals surface area contributed by atoms with Crippen LogP contribution in [0.25, 0.3) is 0 Å². The van der Waals surface area contributed by atoms with Gasteiger partial charge in [0.05, 0.1) is 19.0 Å². The van der Waals surface area contributed by atoms with Crippen LogP contribution in [0.3, 0.4) is 0 Å². The van der Waals surface area contributed by atoms with Crippen molar-refractivity contribution in [1.82, 2.24) is 15.1 Å². The lowest BCUT2D eigenvalue weighted by Crippen LogP contribution is -2.13. The van der Waals surface area contributed by atoms with Gasteiger partial charge in [-0.1, -0.05) is 0 Å². The molecule has 2 aromatic heterocycles. The Morgan fingerprint density at radius 1 is 1.41 bits per heavy atom. The molecule has 2 heterocycles. The topological polar surface area (TPSA) is 43.0 Å². The molecule has 2 aromatic rings. The van der Waals surface area contributed by atoms with Crippen LogP contribution < -0.4 is 5.32 Å². The highest BCUT2D eigenvalue weighted by molar-refractivity contribution is 5.16. The van der Waals surface area contributed by atoms with Crippen LogP contribution in [0.5, 0.6) is 0 Å². The molecule has 92 valence electrons. The van der Waals surface area contributed by atoms with Crippen molar-refractivity contribution in [2.45, 2.75) is 39.9 Å². The van der Waals surface area contributed by atoms with Crippen molar-refractivity contribution in [3.05, 3.63) is 41.6 Å². The van der Waals surface area contributed by atoms with E-state index in [1.54, 1.807) is 6.26 Å². The Balaban J connectivity index is 1.91. The predicted octanol–water partition coefficient (Wildman–Crippen LogP) is 2.66. The fourth-order valence-corrected chi connectivity index (χ4v) is 1.89. The zero-order chi connectivity index (χ0) is 12.3. The lowest BCUT2D eigenvalue weighted by molar-refractivity contribution is 0.482. The summed E-state index contributed by atoms with van der Waals surface area (Å²) < 4.78 is 7.31. The van der Waals surface area contributed by atoms with Crippen LogP contribution in [0.15, 0.2) is 29.0 Å². The lowest BCUT2D eigenvalue weighted by atomic mass is 10.2. The van der Waals surface area contributed by atoms with Crippen LogP contribution in [-0.2, 0) is 13.1 Å². The first kappa shape index (κ1) is 11.9. The summed E-state index contributed by atoms with van der Waals surface area (Å²) in [6.07, 6.45) is 3.63. The number of furan rings is 1. The largest absolute Gasteiger partial charge is 0.468 e. The first-order valence-electron chi connectivity index (χ1n) is 5.94. The molecule has 0 spiro atoms. The molecule has 17 heavy (non-hydrogen) atoms. The summed E-state index contributed by atoms with van der Waals surface area (Å²) in [6.45, 7) is 7.95. The zero-order valence-corrected chi connectivity index (χ0v) is 10.6. The fraction of sp³-hybridized carbons (Fsp3) is 0.462. The fourth-order valence-electron chi connectivity index (χ4n) is 1.89. The van der Waals surface area contributed by atoms with Crippen LogP contribution >= 0.6 is 0 Å². The Kier molecular flexibility index (Phi) is 3.64. The van der Waals surface area contributed by atoms with Crippen molar-refractivity contribution >= 4 is 0 Å². The van der Waals surface area contributed by atoms with Crippen LogP contribution in [0, 0.1) is 6.92 Å². The molecule has 1 N–H and O–H groups in total. The van der Waals surface area contributed by atoms with Gasteiger partial charge in [-0.3, -0.25) is 4.68 Å².